The highest BCUT2D eigenvalue weighted by Gasteiger charge is 2.32. The van der Waals surface area contributed by atoms with Crippen LogP contribution in [0.5, 0.6) is 23.0 Å². The van der Waals surface area contributed by atoms with Gasteiger partial charge in [-0.1, -0.05) is 92.6 Å². The fourth-order valence-electron chi connectivity index (χ4n) is 9.08. The van der Waals surface area contributed by atoms with Gasteiger partial charge in [-0.2, -0.15) is 5.26 Å². The quantitative estimate of drug-likeness (QED) is 0.0410. The zero-order chi connectivity index (χ0) is 61.8. The number of hydrogen-bond acceptors (Lipinski definition) is 13. The van der Waals surface area contributed by atoms with Gasteiger partial charge in [-0.05, 0) is 226 Å². The van der Waals surface area contributed by atoms with Crippen molar-refractivity contribution in [1.82, 2.24) is 24.3 Å². The lowest BCUT2D eigenvalue weighted by Crippen LogP contribution is -2.44. The molecule has 6 aromatic carbocycles. The van der Waals surface area contributed by atoms with Gasteiger partial charge in [0.05, 0.1) is 61.7 Å². The molecule has 0 bridgehead atoms. The van der Waals surface area contributed by atoms with E-state index in [2.05, 4.69) is 211 Å². The van der Waals surface area contributed by atoms with Crippen molar-refractivity contribution in [2.75, 3.05) is 73.3 Å². The van der Waals surface area contributed by atoms with E-state index in [0.717, 1.165) is 138 Å². The third kappa shape index (κ3) is 24.5. The Morgan fingerprint density at radius 3 is 1.75 bits per heavy atom. The first-order valence-corrected chi connectivity index (χ1v) is 34.3. The average molecular weight is 1640 g/mol. The molecule has 2 aromatic heterocycles. The van der Waals surface area contributed by atoms with Gasteiger partial charge < -0.3 is 47.5 Å². The van der Waals surface area contributed by atoms with Gasteiger partial charge in [-0.25, -0.2) is 9.97 Å². The van der Waals surface area contributed by atoms with Crippen molar-refractivity contribution in [3.05, 3.63) is 216 Å². The molecule has 87 heavy (non-hydrogen) atoms. The molecule has 0 saturated carbocycles. The minimum absolute atomic E-state index is 0.0190. The summed E-state index contributed by atoms with van der Waals surface area (Å²) in [5, 5.41) is 11.8. The van der Waals surface area contributed by atoms with Gasteiger partial charge in [0.1, 0.15) is 17.9 Å². The van der Waals surface area contributed by atoms with E-state index < -0.39 is 0 Å². The summed E-state index contributed by atoms with van der Waals surface area (Å²) in [5.74, 6) is 9.15. The van der Waals surface area contributed by atoms with Crippen molar-refractivity contribution in [2.45, 2.75) is 77.5 Å². The minimum Gasteiger partial charge on any atom is -0.490 e. The van der Waals surface area contributed by atoms with Gasteiger partial charge in [-0.15, -0.1) is 11.3 Å². The third-order valence-corrected chi connectivity index (χ3v) is 16.9. The summed E-state index contributed by atoms with van der Waals surface area (Å²) in [7, 11) is 6.24. The van der Waals surface area contributed by atoms with Gasteiger partial charge in [0.2, 0.25) is 0 Å². The highest BCUT2D eigenvalue weighted by Crippen LogP contribution is 2.37. The Morgan fingerprint density at radius 2 is 1.20 bits per heavy atom. The van der Waals surface area contributed by atoms with Gasteiger partial charge >= 0.3 is 0 Å². The molecule has 4 heterocycles. The first-order chi connectivity index (χ1) is 42.2. The molecule has 0 spiro atoms. The number of halogens is 4. The lowest BCUT2D eigenvalue weighted by Gasteiger charge is -2.35. The van der Waals surface area contributed by atoms with Crippen LogP contribution < -0.4 is 18.9 Å². The second kappa shape index (κ2) is 38.0. The van der Waals surface area contributed by atoms with E-state index in [1.165, 1.54) is 9.13 Å². The molecule has 18 heteroatoms. The summed E-state index contributed by atoms with van der Waals surface area (Å²) in [4.78, 5) is 13.1. The smallest absolute Gasteiger partial charge is 0.163 e. The summed E-state index contributed by atoms with van der Waals surface area (Å²) in [5.41, 5.74) is 6.86. The number of thiazole rings is 1. The van der Waals surface area contributed by atoms with Crippen LogP contribution in [0.4, 0.5) is 0 Å². The van der Waals surface area contributed by atoms with Gasteiger partial charge in [0.25, 0.3) is 0 Å². The van der Waals surface area contributed by atoms with Crippen LogP contribution in [0.1, 0.15) is 89.5 Å². The maximum absolute atomic E-state index is 8.86. The molecule has 10 rings (SSSR count). The van der Waals surface area contributed by atoms with Crippen molar-refractivity contribution in [3.8, 4) is 40.9 Å². The molecule has 2 aliphatic heterocycles. The fraction of sp³-hybridized carbons (Fsp3) is 0.348. The predicted molar refractivity (Wildman–Crippen MR) is 381 cm³/mol. The number of imidazole rings is 1. The Morgan fingerprint density at radius 1 is 0.632 bits per heavy atom. The average Bonchev–Trinajstić information content (AvgIpc) is 3.04. The molecule has 0 amide bonds. The van der Waals surface area contributed by atoms with Crippen LogP contribution in [0.2, 0.25) is 0 Å². The highest BCUT2D eigenvalue weighted by molar-refractivity contribution is 14.1. The number of likely N-dealkylation sites (N-methyl/N-ethyl adjacent to an activating group) is 2. The molecule has 0 aliphatic carbocycles. The number of morpholine rings is 2. The number of benzene rings is 6. The number of aromatic nitrogens is 3. The molecule has 458 valence electrons. The molecule has 4 unspecified atom stereocenters. The van der Waals surface area contributed by atoms with Crippen LogP contribution in [0.25, 0.3) is 0 Å². The molecule has 0 radical (unpaired) electrons. The monoisotopic (exact) mass is 1640 g/mol. The van der Waals surface area contributed by atoms with E-state index in [4.69, 9.17) is 38.4 Å². The third-order valence-electron chi connectivity index (χ3n) is 13.4. The number of aryl methyl sites for hydroxylation is 3. The predicted octanol–water partition coefficient (Wildman–Crippen LogP) is 15.6. The lowest BCUT2D eigenvalue weighted by atomic mass is 10.0. The SMILES string of the molecule is CCCOc1cc(I)ccc1OC(c1ccccc1)C1CN(C)CCO1.CCCOc1ccc(I)cc1OC(c1ccccc1)C1CN(C)CCO1.Cc1nc(C#Cc2cc(I)cc(C#N)c2)cs1.Cn1cnc(CCCOCc2ccc(I)cc2)c1. The van der Waals surface area contributed by atoms with Crippen LogP contribution in [-0.4, -0.2) is 110 Å². The zero-order valence-corrected chi connectivity index (χ0v) is 59.6. The number of nitriles is 1. The highest BCUT2D eigenvalue weighted by atomic mass is 127. The van der Waals surface area contributed by atoms with Crippen LogP contribution in [0, 0.1) is 44.4 Å². The number of rotatable bonds is 20. The summed E-state index contributed by atoms with van der Waals surface area (Å²) in [6.45, 7) is 14.0. The molecule has 2 aliphatic rings. The van der Waals surface area contributed by atoms with Gasteiger partial charge in [-0.3, -0.25) is 0 Å². The van der Waals surface area contributed by atoms with Gasteiger partial charge in [0.15, 0.2) is 35.2 Å². The Hall–Kier alpha value is -4.87. The normalized spacial score (nSPS) is 15.5. The van der Waals surface area contributed by atoms with E-state index >= 15 is 0 Å². The summed E-state index contributed by atoms with van der Waals surface area (Å²) < 4.78 is 49.1. The van der Waals surface area contributed by atoms with Crippen molar-refractivity contribution < 1.29 is 33.2 Å². The second-order valence-electron chi connectivity index (χ2n) is 20.8. The van der Waals surface area contributed by atoms with E-state index in [1.807, 2.05) is 115 Å². The van der Waals surface area contributed by atoms with Crippen LogP contribution in [-0.2, 0) is 34.3 Å². The number of nitrogens with zero attached hydrogens (tertiary/aromatic N) is 6. The van der Waals surface area contributed by atoms with E-state index in [-0.39, 0.29) is 24.4 Å². The Kier molecular flexibility index (Phi) is 30.4. The van der Waals surface area contributed by atoms with Crippen LogP contribution in [0.15, 0.2) is 157 Å². The fourth-order valence-corrected chi connectivity index (χ4v) is 11.6. The largest absolute Gasteiger partial charge is 0.490 e. The zero-order valence-electron chi connectivity index (χ0n) is 50.2. The molecule has 2 saturated heterocycles. The van der Waals surface area contributed by atoms with E-state index in [0.29, 0.717) is 25.4 Å². The van der Waals surface area contributed by atoms with Crippen molar-refractivity contribution in [2.24, 2.45) is 7.05 Å². The topological polar surface area (TPSA) is 126 Å². The van der Waals surface area contributed by atoms with Crippen molar-refractivity contribution in [3.63, 3.8) is 0 Å². The summed E-state index contributed by atoms with van der Waals surface area (Å²) in [6.07, 6.45) is 7.41. The van der Waals surface area contributed by atoms with Crippen molar-refractivity contribution >= 4 is 102 Å². The summed E-state index contributed by atoms with van der Waals surface area (Å²) in [6, 6.07) is 48.9. The first kappa shape index (κ1) is 69.6. The molecular weight excluding hydrogens is 1560 g/mol. The Labute approximate surface area is 573 Å². The van der Waals surface area contributed by atoms with Crippen molar-refractivity contribution in [1.29, 1.82) is 5.26 Å². The molecule has 0 N–H and O–H groups in total. The minimum atomic E-state index is -0.180. The second-order valence-corrected chi connectivity index (χ2v) is 26.8. The molecule has 4 atom stereocenters. The molecule has 13 nitrogen and oxygen atoms in total. The Balaban J connectivity index is 0.000000169. The van der Waals surface area contributed by atoms with Crippen LogP contribution in [0.3, 0.4) is 0 Å². The number of ether oxygens (including phenoxy) is 7. The number of hydrogen-bond donors (Lipinski definition) is 0. The maximum Gasteiger partial charge on any atom is 0.163 e. The molecular formula is C69H76I4N6O7S. The van der Waals surface area contributed by atoms with Gasteiger partial charge in [0, 0.05) is 71.3 Å². The van der Waals surface area contributed by atoms with E-state index in [9.17, 15) is 0 Å². The van der Waals surface area contributed by atoms with E-state index in [1.54, 1.807) is 17.4 Å². The lowest BCUT2D eigenvalue weighted by molar-refractivity contribution is -0.0765. The molecule has 8 aromatic rings. The Bertz CT molecular complexity index is 3430. The van der Waals surface area contributed by atoms with Crippen LogP contribution >= 0.6 is 102 Å². The molecule has 2 fully saturated rings. The summed E-state index contributed by atoms with van der Waals surface area (Å²) >= 11 is 10.7. The maximum atomic E-state index is 8.86. The standard InChI is InChI=1S/2C21H26INO3.C14H17IN2O.C13H7IN2S/c1-3-12-24-19-14-17(22)9-10-18(19)26-21(16-7-5-4-6-8-16)20-15-23(2)11-13-25-20;1-3-12-24-18-10-9-17(22)14-19(18)26-21(16-7-5-4-6-8-16)20-15-23(2)11-13-25-20;1-17-9-14(16-11-17)3-2-8-18-10-12-4-6-13(15)7-5-12;1-9-16-13(8-17-9)3-2-10-4-11(7-15)6-12(14)5-10/h2*4-10,14,20-21H,3,11-13,15H2,1-2H3;4-7,9,11H,2-3,8,10H2,1H3;4-6,8H,1H3. The first-order valence-electron chi connectivity index (χ1n) is 29.1.